The van der Waals surface area contributed by atoms with Gasteiger partial charge in [0.05, 0.1) is 11.4 Å². The molecule has 0 amide bonds. The highest BCUT2D eigenvalue weighted by atomic mass is 15.1. The lowest BCUT2D eigenvalue weighted by Crippen LogP contribution is -2.12. The number of hydrazone groups is 1. The van der Waals surface area contributed by atoms with E-state index < -0.39 is 0 Å². The Morgan fingerprint density at radius 3 is 2.11 bits per heavy atom. The lowest BCUT2D eigenvalue weighted by atomic mass is 10.1. The smallest absolute Gasteiger partial charge is 0.0804 e. The maximum absolute atomic E-state index is 7.28. The van der Waals surface area contributed by atoms with Gasteiger partial charge in [0.1, 0.15) is 0 Å². The van der Waals surface area contributed by atoms with Crippen LogP contribution in [-0.2, 0) is 0 Å². The zero-order valence-corrected chi connectivity index (χ0v) is 5.94. The Morgan fingerprint density at radius 1 is 1.44 bits per heavy atom. The van der Waals surface area contributed by atoms with Gasteiger partial charge in [-0.2, -0.15) is 5.10 Å². The molecule has 3 heteroatoms. The van der Waals surface area contributed by atoms with Crippen LogP contribution in [0.25, 0.3) is 0 Å². The van der Waals surface area contributed by atoms with Gasteiger partial charge >= 0.3 is 0 Å². The van der Waals surface area contributed by atoms with Crippen molar-refractivity contribution in [3.8, 4) is 0 Å². The molecule has 0 atom stereocenters. The molecule has 0 spiro atoms. The van der Waals surface area contributed by atoms with E-state index in [2.05, 4.69) is 5.10 Å². The summed E-state index contributed by atoms with van der Waals surface area (Å²) in [5.74, 6) is 5.01. The predicted molar refractivity (Wildman–Crippen MR) is 39.9 cm³/mol. The maximum atomic E-state index is 7.28. The summed E-state index contributed by atoms with van der Waals surface area (Å²) in [6, 6.07) is 0. The van der Waals surface area contributed by atoms with E-state index in [1.807, 2.05) is 13.8 Å². The lowest BCUT2D eigenvalue weighted by molar-refractivity contribution is 1.16. The third kappa shape index (κ3) is 2.26. The molecule has 52 valence electrons. The third-order valence-corrected chi connectivity index (χ3v) is 1.19. The minimum absolute atomic E-state index is 0.542. The highest BCUT2D eigenvalue weighted by molar-refractivity contribution is 6.40. The monoisotopic (exact) mass is 127 g/mol. The molecule has 0 aliphatic carbocycles. The van der Waals surface area contributed by atoms with Crippen LogP contribution in [0.15, 0.2) is 5.10 Å². The molecule has 0 aromatic rings. The van der Waals surface area contributed by atoms with Crippen molar-refractivity contribution in [1.82, 2.24) is 0 Å². The van der Waals surface area contributed by atoms with Gasteiger partial charge in [-0.3, -0.25) is 0 Å². The van der Waals surface area contributed by atoms with Crippen molar-refractivity contribution >= 4 is 11.4 Å². The van der Waals surface area contributed by atoms with E-state index >= 15 is 0 Å². The molecular formula is C6H13N3. The minimum atomic E-state index is 0.542. The average molecular weight is 127 g/mol. The van der Waals surface area contributed by atoms with Crippen LogP contribution in [0.2, 0.25) is 0 Å². The molecule has 0 saturated heterocycles. The van der Waals surface area contributed by atoms with Gasteiger partial charge in [0.25, 0.3) is 0 Å². The number of nitrogens with zero attached hydrogens (tertiary/aromatic N) is 1. The van der Waals surface area contributed by atoms with Crippen molar-refractivity contribution in [3.63, 3.8) is 0 Å². The maximum Gasteiger partial charge on any atom is 0.0804 e. The summed E-state index contributed by atoms with van der Waals surface area (Å²) in [5, 5.41) is 10.8. The van der Waals surface area contributed by atoms with Crippen LogP contribution >= 0.6 is 0 Å². The van der Waals surface area contributed by atoms with Gasteiger partial charge in [0, 0.05) is 0 Å². The summed E-state index contributed by atoms with van der Waals surface area (Å²) in [4.78, 5) is 0. The van der Waals surface area contributed by atoms with Gasteiger partial charge < -0.3 is 11.3 Å². The molecule has 0 heterocycles. The molecule has 0 radical (unpaired) electrons. The van der Waals surface area contributed by atoms with E-state index in [4.69, 9.17) is 11.3 Å². The zero-order valence-electron chi connectivity index (χ0n) is 5.94. The minimum Gasteiger partial charge on any atom is -0.323 e. The number of hydrogen-bond acceptors (Lipinski definition) is 3. The van der Waals surface area contributed by atoms with Gasteiger partial charge in [-0.1, -0.05) is 13.8 Å². The van der Waals surface area contributed by atoms with E-state index in [0.717, 1.165) is 6.42 Å². The first-order valence-electron chi connectivity index (χ1n) is 3.10. The Balaban J connectivity index is 3.97. The summed E-state index contributed by atoms with van der Waals surface area (Å²) in [6.07, 6.45) is 1.47. The van der Waals surface area contributed by atoms with Gasteiger partial charge in [-0.25, -0.2) is 0 Å². The van der Waals surface area contributed by atoms with Crippen molar-refractivity contribution < 1.29 is 0 Å². The first kappa shape index (κ1) is 8.14. The Bertz CT molecular complexity index is 126. The van der Waals surface area contributed by atoms with E-state index in [1.54, 1.807) is 0 Å². The molecule has 0 aromatic carbocycles. The van der Waals surface area contributed by atoms with Crippen LogP contribution in [0.3, 0.4) is 0 Å². The van der Waals surface area contributed by atoms with Crippen LogP contribution in [-0.4, -0.2) is 11.4 Å². The molecule has 0 fully saturated rings. The van der Waals surface area contributed by atoms with Crippen molar-refractivity contribution in [3.05, 3.63) is 0 Å². The van der Waals surface area contributed by atoms with Gasteiger partial charge in [-0.15, -0.1) is 0 Å². The zero-order chi connectivity index (χ0) is 7.28. The quantitative estimate of drug-likeness (QED) is 0.333. The molecule has 0 rings (SSSR count). The van der Waals surface area contributed by atoms with E-state index in [-0.39, 0.29) is 0 Å². The molecular weight excluding hydrogens is 114 g/mol. The van der Waals surface area contributed by atoms with Crippen molar-refractivity contribution in [2.45, 2.75) is 26.7 Å². The second kappa shape index (κ2) is 4.06. The van der Waals surface area contributed by atoms with Crippen LogP contribution in [0.5, 0.6) is 0 Å². The van der Waals surface area contributed by atoms with Crippen molar-refractivity contribution in [2.24, 2.45) is 10.9 Å². The van der Waals surface area contributed by atoms with Gasteiger partial charge in [0.15, 0.2) is 0 Å². The van der Waals surface area contributed by atoms with Gasteiger partial charge in [0.2, 0.25) is 0 Å². The number of nitrogens with one attached hydrogen (secondary N) is 1. The standard InChI is InChI=1S/C6H13N3/c1-3-5(7)6(4-2)9-8/h7H,3-4,8H2,1-2H3/b7-5?,9-6-. The first-order valence-corrected chi connectivity index (χ1v) is 3.10. The molecule has 3 N–H and O–H groups in total. The Kier molecular flexibility index (Phi) is 3.67. The summed E-state index contributed by atoms with van der Waals surface area (Å²) < 4.78 is 0. The van der Waals surface area contributed by atoms with Crippen LogP contribution < -0.4 is 5.84 Å². The van der Waals surface area contributed by atoms with Crippen molar-refractivity contribution in [1.29, 1.82) is 5.41 Å². The topological polar surface area (TPSA) is 62.2 Å². The normalized spacial score (nSPS) is 11.6. The second-order valence-corrected chi connectivity index (χ2v) is 1.76. The molecule has 0 bridgehead atoms. The molecule has 0 aliphatic rings. The fraction of sp³-hybridized carbons (Fsp3) is 0.667. The fourth-order valence-electron chi connectivity index (χ4n) is 0.587. The lowest BCUT2D eigenvalue weighted by Gasteiger charge is -1.98. The van der Waals surface area contributed by atoms with Crippen LogP contribution in [0.1, 0.15) is 26.7 Å². The highest BCUT2D eigenvalue weighted by Crippen LogP contribution is 1.90. The predicted octanol–water partition coefficient (Wildman–Crippen LogP) is 1.14. The largest absolute Gasteiger partial charge is 0.323 e. The van der Waals surface area contributed by atoms with E-state index in [0.29, 0.717) is 17.8 Å². The highest BCUT2D eigenvalue weighted by Gasteiger charge is 1.99. The number of nitrogens with two attached hydrogens (primary N) is 1. The fourth-order valence-corrected chi connectivity index (χ4v) is 0.587. The molecule has 0 saturated carbocycles. The molecule has 0 unspecified atom stereocenters. The second-order valence-electron chi connectivity index (χ2n) is 1.76. The summed E-state index contributed by atoms with van der Waals surface area (Å²) in [7, 11) is 0. The molecule has 3 nitrogen and oxygen atoms in total. The first-order chi connectivity index (χ1) is 4.26. The number of hydrogen-bond donors (Lipinski definition) is 2. The molecule has 0 aliphatic heterocycles. The summed E-state index contributed by atoms with van der Waals surface area (Å²) in [5.41, 5.74) is 1.25. The van der Waals surface area contributed by atoms with Crippen LogP contribution in [0, 0.1) is 5.41 Å². The molecule has 9 heavy (non-hydrogen) atoms. The van der Waals surface area contributed by atoms with E-state index in [1.165, 1.54) is 0 Å². The summed E-state index contributed by atoms with van der Waals surface area (Å²) >= 11 is 0. The Hall–Kier alpha value is -0.860. The van der Waals surface area contributed by atoms with Gasteiger partial charge in [-0.05, 0) is 12.8 Å². The average Bonchev–Trinajstić information content (AvgIpc) is 1.90. The third-order valence-electron chi connectivity index (χ3n) is 1.19. The Labute approximate surface area is 55.5 Å². The summed E-state index contributed by atoms with van der Waals surface area (Å²) in [6.45, 7) is 3.86. The molecule has 0 aromatic heterocycles. The SMILES string of the molecule is CCC(=N)/C(CC)=N\N. The van der Waals surface area contributed by atoms with Crippen molar-refractivity contribution in [2.75, 3.05) is 0 Å². The number of rotatable bonds is 3. The van der Waals surface area contributed by atoms with E-state index in [9.17, 15) is 0 Å². The van der Waals surface area contributed by atoms with Crippen LogP contribution in [0.4, 0.5) is 0 Å². The Morgan fingerprint density at radius 2 is 2.00 bits per heavy atom.